The summed E-state index contributed by atoms with van der Waals surface area (Å²) in [6, 6.07) is 1.58. The Hall–Kier alpha value is -1.71. The van der Waals surface area contributed by atoms with E-state index in [4.69, 9.17) is 10.3 Å². The van der Waals surface area contributed by atoms with Crippen LogP contribution in [-0.4, -0.2) is 23.1 Å². The van der Waals surface area contributed by atoms with Crippen molar-refractivity contribution < 1.29 is 12.9 Å². The molecule has 0 saturated carbocycles. The topological polar surface area (TPSA) is 116 Å². The number of sulfonamides is 1. The van der Waals surface area contributed by atoms with Gasteiger partial charge in [0.2, 0.25) is 15.9 Å². The van der Waals surface area contributed by atoms with E-state index >= 15 is 0 Å². The summed E-state index contributed by atoms with van der Waals surface area (Å²) in [7, 11) is -3.63. The number of hydrogen-bond acceptors (Lipinski definition) is 6. The summed E-state index contributed by atoms with van der Waals surface area (Å²) in [6.07, 6.45) is 2.49. The molecule has 2 aromatic heterocycles. The molecule has 0 fully saturated rings. The molecule has 9 heteroatoms. The molecule has 116 valence electrons. The lowest BCUT2D eigenvalue weighted by atomic mass is 10.4. The van der Waals surface area contributed by atoms with Crippen molar-refractivity contribution in [1.82, 2.24) is 19.4 Å². The first kappa shape index (κ1) is 15.7. The van der Waals surface area contributed by atoms with Gasteiger partial charge in [-0.25, -0.2) is 13.1 Å². The molecule has 0 aliphatic rings. The Morgan fingerprint density at radius 1 is 1.48 bits per heavy atom. The van der Waals surface area contributed by atoms with Crippen LogP contribution in [0, 0.1) is 6.92 Å². The highest BCUT2D eigenvalue weighted by Gasteiger charge is 2.19. The van der Waals surface area contributed by atoms with Crippen LogP contribution in [-0.2, 0) is 29.7 Å². The molecule has 3 N–H and O–H groups in total. The summed E-state index contributed by atoms with van der Waals surface area (Å²) >= 11 is 0. The van der Waals surface area contributed by atoms with Gasteiger partial charge < -0.3 is 14.8 Å². The van der Waals surface area contributed by atoms with Crippen LogP contribution in [0.15, 0.2) is 21.7 Å². The Labute approximate surface area is 123 Å². The van der Waals surface area contributed by atoms with Crippen molar-refractivity contribution in [2.75, 3.05) is 0 Å². The van der Waals surface area contributed by atoms with Crippen LogP contribution >= 0.6 is 0 Å². The summed E-state index contributed by atoms with van der Waals surface area (Å²) < 4.78 is 33.6. The van der Waals surface area contributed by atoms with E-state index in [-0.39, 0.29) is 17.3 Å². The molecule has 8 nitrogen and oxygen atoms in total. The highest BCUT2D eigenvalue weighted by atomic mass is 32.2. The molecule has 0 aromatic carbocycles. The number of nitrogens with two attached hydrogens (primary N) is 1. The van der Waals surface area contributed by atoms with E-state index in [2.05, 4.69) is 14.9 Å². The van der Waals surface area contributed by atoms with Gasteiger partial charge in [0.1, 0.15) is 0 Å². The molecule has 2 rings (SSSR count). The summed E-state index contributed by atoms with van der Waals surface area (Å²) in [5.41, 5.74) is 6.42. The maximum absolute atomic E-state index is 12.2. The van der Waals surface area contributed by atoms with Gasteiger partial charge in [0.05, 0.1) is 11.4 Å². The third-order valence-electron chi connectivity index (χ3n) is 2.93. The van der Waals surface area contributed by atoms with Crippen molar-refractivity contribution >= 4 is 10.0 Å². The number of aromatic nitrogens is 3. The van der Waals surface area contributed by atoms with Gasteiger partial charge in [0.25, 0.3) is 0 Å². The van der Waals surface area contributed by atoms with Crippen LogP contribution in [0.4, 0.5) is 0 Å². The molecule has 2 aromatic rings. The fourth-order valence-electron chi connectivity index (χ4n) is 1.95. The summed E-state index contributed by atoms with van der Waals surface area (Å²) in [6.45, 7) is 4.66. The fourth-order valence-corrected chi connectivity index (χ4v) is 2.98. The van der Waals surface area contributed by atoms with Crippen LogP contribution in [0.5, 0.6) is 0 Å². The van der Waals surface area contributed by atoms with Crippen molar-refractivity contribution in [3.05, 3.63) is 29.7 Å². The molecule has 0 aliphatic carbocycles. The molecular formula is C12H19N5O3S. The van der Waals surface area contributed by atoms with Gasteiger partial charge in [0, 0.05) is 25.0 Å². The SMILES string of the molecule is CCCn1cc(S(=O)(=O)NCc2nc(C)no2)cc1CN. The van der Waals surface area contributed by atoms with Gasteiger partial charge >= 0.3 is 0 Å². The Kier molecular flexibility index (Phi) is 4.76. The number of nitrogens with zero attached hydrogens (tertiary/aromatic N) is 3. The maximum atomic E-state index is 12.2. The minimum Gasteiger partial charge on any atom is -0.349 e. The third kappa shape index (κ3) is 3.69. The minimum absolute atomic E-state index is 0.0416. The van der Waals surface area contributed by atoms with E-state index in [1.807, 2.05) is 11.5 Å². The Bertz CT molecular complexity index is 704. The Balaban J connectivity index is 2.15. The molecule has 21 heavy (non-hydrogen) atoms. The predicted molar refractivity (Wildman–Crippen MR) is 75.7 cm³/mol. The molecule has 2 heterocycles. The van der Waals surface area contributed by atoms with Crippen LogP contribution < -0.4 is 10.5 Å². The first-order valence-electron chi connectivity index (χ1n) is 6.64. The van der Waals surface area contributed by atoms with Gasteiger partial charge in [-0.3, -0.25) is 0 Å². The van der Waals surface area contributed by atoms with Crippen LogP contribution in [0.25, 0.3) is 0 Å². The van der Waals surface area contributed by atoms with Crippen LogP contribution in [0.1, 0.15) is 30.8 Å². The first-order valence-corrected chi connectivity index (χ1v) is 8.12. The zero-order valence-electron chi connectivity index (χ0n) is 12.0. The van der Waals surface area contributed by atoms with E-state index in [0.717, 1.165) is 18.7 Å². The lowest BCUT2D eigenvalue weighted by Crippen LogP contribution is -2.23. The number of nitrogens with one attached hydrogen (secondary N) is 1. The quantitative estimate of drug-likeness (QED) is 0.770. The molecule has 0 aliphatic heterocycles. The van der Waals surface area contributed by atoms with Crippen molar-refractivity contribution in [2.45, 2.75) is 44.8 Å². The molecular weight excluding hydrogens is 294 g/mol. The largest absolute Gasteiger partial charge is 0.349 e. The average Bonchev–Trinajstić information content (AvgIpc) is 3.04. The van der Waals surface area contributed by atoms with Crippen molar-refractivity contribution in [2.24, 2.45) is 5.73 Å². The van der Waals surface area contributed by atoms with E-state index in [1.165, 1.54) is 0 Å². The zero-order chi connectivity index (χ0) is 15.5. The van der Waals surface area contributed by atoms with Gasteiger partial charge in [-0.05, 0) is 19.4 Å². The normalized spacial score (nSPS) is 12.0. The molecule has 0 radical (unpaired) electrons. The van der Waals surface area contributed by atoms with Crippen LogP contribution in [0.3, 0.4) is 0 Å². The minimum atomic E-state index is -3.63. The molecule has 0 spiro atoms. The monoisotopic (exact) mass is 313 g/mol. The second-order valence-corrected chi connectivity index (χ2v) is 6.39. The van der Waals surface area contributed by atoms with Crippen molar-refractivity contribution in [3.63, 3.8) is 0 Å². The van der Waals surface area contributed by atoms with Gasteiger partial charge in [-0.1, -0.05) is 12.1 Å². The number of aryl methyl sites for hydroxylation is 2. The van der Waals surface area contributed by atoms with Gasteiger partial charge in [-0.15, -0.1) is 0 Å². The Morgan fingerprint density at radius 2 is 2.24 bits per heavy atom. The molecule has 0 unspecified atom stereocenters. The zero-order valence-corrected chi connectivity index (χ0v) is 12.9. The predicted octanol–water partition coefficient (Wildman–Crippen LogP) is 0.527. The van der Waals surface area contributed by atoms with Gasteiger partial charge in [-0.2, -0.15) is 4.98 Å². The van der Waals surface area contributed by atoms with E-state index in [9.17, 15) is 8.42 Å². The number of rotatable bonds is 7. The number of hydrogen-bond donors (Lipinski definition) is 2. The smallest absolute Gasteiger partial charge is 0.242 e. The fraction of sp³-hybridized carbons (Fsp3) is 0.500. The molecule has 0 bridgehead atoms. The standard InChI is InChI=1S/C12H19N5O3S/c1-3-4-17-8-11(5-10(17)6-13)21(18,19)14-7-12-15-9(2)16-20-12/h5,8,14H,3-4,6-7,13H2,1-2H3. The lowest BCUT2D eigenvalue weighted by Gasteiger charge is -2.04. The van der Waals surface area contributed by atoms with E-state index < -0.39 is 10.0 Å². The molecule has 0 amide bonds. The second kappa shape index (κ2) is 6.37. The first-order chi connectivity index (χ1) is 9.96. The lowest BCUT2D eigenvalue weighted by molar-refractivity contribution is 0.372. The third-order valence-corrected chi connectivity index (χ3v) is 4.30. The average molecular weight is 313 g/mol. The highest BCUT2D eigenvalue weighted by molar-refractivity contribution is 7.89. The summed E-state index contributed by atoms with van der Waals surface area (Å²) in [4.78, 5) is 4.13. The van der Waals surface area contributed by atoms with Crippen molar-refractivity contribution in [3.8, 4) is 0 Å². The van der Waals surface area contributed by atoms with Gasteiger partial charge in [0.15, 0.2) is 5.82 Å². The summed E-state index contributed by atoms with van der Waals surface area (Å²) in [5.74, 6) is 0.687. The molecule has 0 atom stereocenters. The highest BCUT2D eigenvalue weighted by Crippen LogP contribution is 2.15. The second-order valence-electron chi connectivity index (χ2n) is 4.62. The molecule has 0 saturated heterocycles. The van der Waals surface area contributed by atoms with E-state index in [0.29, 0.717) is 12.4 Å². The summed E-state index contributed by atoms with van der Waals surface area (Å²) in [5, 5.41) is 3.60. The van der Waals surface area contributed by atoms with Crippen LogP contribution in [0.2, 0.25) is 0 Å². The Morgan fingerprint density at radius 3 is 2.81 bits per heavy atom. The van der Waals surface area contributed by atoms with E-state index in [1.54, 1.807) is 19.2 Å². The van der Waals surface area contributed by atoms with Crippen molar-refractivity contribution in [1.29, 1.82) is 0 Å². The maximum Gasteiger partial charge on any atom is 0.242 e.